The van der Waals surface area contributed by atoms with Crippen molar-refractivity contribution in [3.05, 3.63) is 23.9 Å². The van der Waals surface area contributed by atoms with Gasteiger partial charge in [-0.15, -0.1) is 0 Å². The van der Waals surface area contributed by atoms with Crippen LogP contribution in [0.3, 0.4) is 0 Å². The number of nitrogens with two attached hydrogens (primary N) is 1. The van der Waals surface area contributed by atoms with Crippen LogP contribution in [0, 0.1) is 0 Å². The third-order valence-electron chi connectivity index (χ3n) is 1.84. The number of rotatable bonds is 4. The molecule has 4 nitrogen and oxygen atoms in total. The molecule has 0 fully saturated rings. The molecule has 0 aliphatic carbocycles. The number of aromatic nitrogens is 1. The van der Waals surface area contributed by atoms with Gasteiger partial charge in [-0.1, -0.05) is 6.07 Å². The van der Waals surface area contributed by atoms with E-state index in [0.717, 1.165) is 5.56 Å². The number of aliphatic hydroxyl groups excluding tert-OH is 1. The van der Waals surface area contributed by atoms with E-state index in [0.29, 0.717) is 12.3 Å². The van der Waals surface area contributed by atoms with Crippen LogP contribution in [-0.2, 0) is 0 Å². The molecule has 4 heteroatoms. The Morgan fingerprint density at radius 1 is 1.62 bits per heavy atom. The monoisotopic (exact) mass is 182 g/mol. The molecule has 0 aromatic carbocycles. The second kappa shape index (κ2) is 4.79. The van der Waals surface area contributed by atoms with Crippen LogP contribution < -0.4 is 10.5 Å². The second-order valence-electron chi connectivity index (χ2n) is 2.75. The summed E-state index contributed by atoms with van der Waals surface area (Å²) in [7, 11) is 1.57. The third-order valence-corrected chi connectivity index (χ3v) is 1.84. The van der Waals surface area contributed by atoms with Gasteiger partial charge in [0.1, 0.15) is 0 Å². The molecular formula is C9H14N2O2. The summed E-state index contributed by atoms with van der Waals surface area (Å²) in [6.45, 7) is 0.0905. The number of hydrogen-bond acceptors (Lipinski definition) is 4. The van der Waals surface area contributed by atoms with Crippen LogP contribution >= 0.6 is 0 Å². The lowest BCUT2D eigenvalue weighted by Crippen LogP contribution is -2.12. The standard InChI is InChI=1S/C9H14N2O2/c1-13-9-3-2-7(6-11-9)8(10)4-5-12/h2-3,6,8,12H,4-5,10H2,1H3. The highest BCUT2D eigenvalue weighted by Gasteiger charge is 2.05. The summed E-state index contributed by atoms with van der Waals surface area (Å²) < 4.78 is 4.91. The maximum Gasteiger partial charge on any atom is 0.212 e. The van der Waals surface area contributed by atoms with E-state index in [2.05, 4.69) is 4.98 Å². The molecule has 0 spiro atoms. The van der Waals surface area contributed by atoms with E-state index in [-0.39, 0.29) is 12.6 Å². The molecule has 13 heavy (non-hydrogen) atoms. The van der Waals surface area contributed by atoms with E-state index in [1.807, 2.05) is 6.07 Å². The zero-order valence-electron chi connectivity index (χ0n) is 7.60. The molecule has 0 radical (unpaired) electrons. The Balaban J connectivity index is 2.67. The van der Waals surface area contributed by atoms with Gasteiger partial charge in [0.05, 0.1) is 7.11 Å². The van der Waals surface area contributed by atoms with Gasteiger partial charge in [-0.2, -0.15) is 0 Å². The largest absolute Gasteiger partial charge is 0.481 e. The first-order chi connectivity index (χ1) is 6.27. The first kappa shape index (κ1) is 9.95. The quantitative estimate of drug-likeness (QED) is 0.710. The van der Waals surface area contributed by atoms with E-state index in [4.69, 9.17) is 15.6 Å². The van der Waals surface area contributed by atoms with Crippen LogP contribution in [0.1, 0.15) is 18.0 Å². The van der Waals surface area contributed by atoms with Crippen LogP contribution in [0.25, 0.3) is 0 Å². The lowest BCUT2D eigenvalue weighted by Gasteiger charge is -2.09. The van der Waals surface area contributed by atoms with Gasteiger partial charge in [0.15, 0.2) is 0 Å². The minimum absolute atomic E-state index is 0.0905. The van der Waals surface area contributed by atoms with Crippen molar-refractivity contribution in [2.24, 2.45) is 5.73 Å². The lowest BCUT2D eigenvalue weighted by molar-refractivity contribution is 0.276. The number of pyridine rings is 1. The average molecular weight is 182 g/mol. The highest BCUT2D eigenvalue weighted by Crippen LogP contribution is 2.14. The Hall–Kier alpha value is -1.13. The molecule has 1 unspecified atom stereocenters. The number of nitrogens with zero attached hydrogens (tertiary/aromatic N) is 1. The van der Waals surface area contributed by atoms with Crippen LogP contribution in [-0.4, -0.2) is 23.8 Å². The molecule has 0 aliphatic rings. The van der Waals surface area contributed by atoms with Gasteiger partial charge < -0.3 is 15.6 Å². The first-order valence-electron chi connectivity index (χ1n) is 4.14. The molecule has 0 aliphatic heterocycles. The predicted molar refractivity (Wildman–Crippen MR) is 49.4 cm³/mol. The molecule has 3 N–H and O–H groups in total. The fraction of sp³-hybridized carbons (Fsp3) is 0.444. The minimum atomic E-state index is -0.150. The van der Waals surface area contributed by atoms with Gasteiger partial charge in [-0.05, 0) is 12.0 Å². The molecule has 0 bridgehead atoms. The van der Waals surface area contributed by atoms with Gasteiger partial charge in [0.2, 0.25) is 5.88 Å². The molecule has 1 rings (SSSR count). The van der Waals surface area contributed by atoms with Gasteiger partial charge >= 0.3 is 0 Å². The molecule has 1 atom stereocenters. The van der Waals surface area contributed by atoms with Crippen LogP contribution in [0.4, 0.5) is 0 Å². The van der Waals surface area contributed by atoms with Crippen LogP contribution in [0.2, 0.25) is 0 Å². The third kappa shape index (κ3) is 2.68. The van der Waals surface area contributed by atoms with Crippen molar-refractivity contribution in [3.8, 4) is 5.88 Å². The molecule has 1 aromatic rings. The normalized spacial score (nSPS) is 12.5. The summed E-state index contributed by atoms with van der Waals surface area (Å²) >= 11 is 0. The second-order valence-corrected chi connectivity index (χ2v) is 2.75. The summed E-state index contributed by atoms with van der Waals surface area (Å²) in [5, 5.41) is 8.67. The maximum atomic E-state index is 8.67. The summed E-state index contributed by atoms with van der Waals surface area (Å²) in [6, 6.07) is 3.46. The molecule has 1 aromatic heterocycles. The summed E-state index contributed by atoms with van der Waals surface area (Å²) in [6.07, 6.45) is 2.22. The highest BCUT2D eigenvalue weighted by molar-refractivity contribution is 5.20. The Morgan fingerprint density at radius 2 is 2.38 bits per heavy atom. The number of aliphatic hydroxyl groups is 1. The van der Waals surface area contributed by atoms with Gasteiger partial charge in [-0.3, -0.25) is 0 Å². The molecule has 0 saturated carbocycles. The molecule has 0 saturated heterocycles. The number of ether oxygens (including phenoxy) is 1. The smallest absolute Gasteiger partial charge is 0.212 e. The highest BCUT2D eigenvalue weighted by atomic mass is 16.5. The van der Waals surface area contributed by atoms with Gasteiger partial charge in [0, 0.05) is 24.9 Å². The maximum absolute atomic E-state index is 8.67. The van der Waals surface area contributed by atoms with E-state index >= 15 is 0 Å². The summed E-state index contributed by atoms with van der Waals surface area (Å²) in [4.78, 5) is 4.02. The summed E-state index contributed by atoms with van der Waals surface area (Å²) in [5.41, 5.74) is 6.67. The van der Waals surface area contributed by atoms with Crippen molar-refractivity contribution in [1.82, 2.24) is 4.98 Å². The Bertz CT molecular complexity index is 248. The van der Waals surface area contributed by atoms with Gasteiger partial charge in [-0.25, -0.2) is 4.98 Å². The van der Waals surface area contributed by atoms with Crippen LogP contribution in [0.5, 0.6) is 5.88 Å². The predicted octanol–water partition coefficient (Wildman–Crippen LogP) is 0.472. The van der Waals surface area contributed by atoms with E-state index in [9.17, 15) is 0 Å². The molecule has 1 heterocycles. The number of methoxy groups -OCH3 is 1. The van der Waals surface area contributed by atoms with Crippen molar-refractivity contribution in [2.45, 2.75) is 12.5 Å². The zero-order valence-corrected chi connectivity index (χ0v) is 7.60. The lowest BCUT2D eigenvalue weighted by atomic mass is 10.1. The molecule has 72 valence electrons. The first-order valence-corrected chi connectivity index (χ1v) is 4.14. The van der Waals surface area contributed by atoms with E-state index in [1.54, 1.807) is 19.4 Å². The zero-order chi connectivity index (χ0) is 9.68. The SMILES string of the molecule is COc1ccc(C(N)CCO)cn1. The molecular weight excluding hydrogens is 168 g/mol. The molecule has 0 amide bonds. The average Bonchev–Trinajstić information content (AvgIpc) is 2.18. The minimum Gasteiger partial charge on any atom is -0.481 e. The fourth-order valence-electron chi connectivity index (χ4n) is 1.04. The number of hydrogen-bond donors (Lipinski definition) is 2. The topological polar surface area (TPSA) is 68.4 Å². The van der Waals surface area contributed by atoms with Gasteiger partial charge in [0.25, 0.3) is 0 Å². The van der Waals surface area contributed by atoms with Crippen molar-refractivity contribution in [3.63, 3.8) is 0 Å². The fourth-order valence-corrected chi connectivity index (χ4v) is 1.04. The van der Waals surface area contributed by atoms with Crippen molar-refractivity contribution in [1.29, 1.82) is 0 Å². The Kier molecular flexibility index (Phi) is 3.67. The van der Waals surface area contributed by atoms with Crippen molar-refractivity contribution in [2.75, 3.05) is 13.7 Å². The van der Waals surface area contributed by atoms with Crippen molar-refractivity contribution >= 4 is 0 Å². The Labute approximate surface area is 77.4 Å². The van der Waals surface area contributed by atoms with Crippen molar-refractivity contribution < 1.29 is 9.84 Å². The Morgan fingerprint density at radius 3 is 2.85 bits per heavy atom. The van der Waals surface area contributed by atoms with E-state index in [1.165, 1.54) is 0 Å². The van der Waals surface area contributed by atoms with Crippen LogP contribution in [0.15, 0.2) is 18.3 Å². The van der Waals surface area contributed by atoms with E-state index < -0.39 is 0 Å². The summed E-state index contributed by atoms with van der Waals surface area (Å²) in [5.74, 6) is 0.569.